The van der Waals surface area contributed by atoms with E-state index in [2.05, 4.69) is 24.9 Å². The van der Waals surface area contributed by atoms with Crippen LogP contribution in [0, 0.1) is 0 Å². The Kier molecular flexibility index (Phi) is 6.34. The van der Waals surface area contributed by atoms with Gasteiger partial charge >= 0.3 is 0 Å². The van der Waals surface area contributed by atoms with Crippen molar-refractivity contribution in [2.24, 2.45) is 0 Å². The smallest absolute Gasteiger partial charge is 0.293 e. The number of para-hydroxylation sites is 2. The molecule has 2 aromatic rings. The minimum Gasteiger partial charge on any atom is -0.462 e. The maximum absolute atomic E-state index is 9.60. The van der Waals surface area contributed by atoms with Crippen LogP contribution in [0.1, 0.15) is 20.8 Å². The summed E-state index contributed by atoms with van der Waals surface area (Å²) in [6.45, 7) is 9.69. The van der Waals surface area contributed by atoms with Crippen LogP contribution in [-0.4, -0.2) is 48.2 Å². The zero-order valence-electron chi connectivity index (χ0n) is 14.3. The Morgan fingerprint density at radius 1 is 1.17 bits per heavy atom. The van der Waals surface area contributed by atoms with Crippen molar-refractivity contribution in [2.45, 2.75) is 26.4 Å². The Morgan fingerprint density at radius 3 is 2.25 bits per heavy atom. The van der Waals surface area contributed by atoms with E-state index in [4.69, 9.17) is 11.6 Å². The van der Waals surface area contributed by atoms with Crippen molar-refractivity contribution in [2.75, 3.05) is 31.1 Å². The number of hydrogen-bond donors (Lipinski definition) is 1. The summed E-state index contributed by atoms with van der Waals surface area (Å²) in [7, 11) is 0. The van der Waals surface area contributed by atoms with E-state index in [1.165, 1.54) is 0 Å². The molecule has 3 rings (SSSR count). The van der Waals surface area contributed by atoms with Crippen LogP contribution in [-0.2, 0) is 9.53 Å². The highest BCUT2D eigenvalue weighted by atomic mass is 35.5. The standard InChI is InChI=1S/C12H13ClN4.C5H10O2/c13-11-12(17-7-5-14-6-8-17)16-10-4-2-1-3-9(10)15-11;1-5(2,3)7-4-6/h1-4,14H,5-8H2;4H,1-3H3. The summed E-state index contributed by atoms with van der Waals surface area (Å²) >= 11 is 6.20. The fourth-order valence-electron chi connectivity index (χ4n) is 2.19. The van der Waals surface area contributed by atoms with Gasteiger partial charge in [-0.1, -0.05) is 23.7 Å². The van der Waals surface area contributed by atoms with Gasteiger partial charge in [0, 0.05) is 26.2 Å². The second-order valence-corrected chi connectivity index (χ2v) is 6.75. The van der Waals surface area contributed by atoms with E-state index in [0.29, 0.717) is 11.6 Å². The fraction of sp³-hybridized carbons (Fsp3) is 0.471. The zero-order valence-corrected chi connectivity index (χ0v) is 15.0. The Morgan fingerprint density at radius 2 is 1.75 bits per heavy atom. The lowest BCUT2D eigenvalue weighted by molar-refractivity contribution is -0.138. The Balaban J connectivity index is 0.000000256. The first-order chi connectivity index (χ1) is 11.4. The molecule has 1 aliphatic rings. The third-order valence-electron chi connectivity index (χ3n) is 3.33. The van der Waals surface area contributed by atoms with Crippen LogP contribution in [0.25, 0.3) is 11.0 Å². The summed E-state index contributed by atoms with van der Waals surface area (Å²) in [4.78, 5) is 20.8. The van der Waals surface area contributed by atoms with Gasteiger partial charge in [0.05, 0.1) is 11.0 Å². The number of halogens is 1. The Hall–Kier alpha value is -1.92. The van der Waals surface area contributed by atoms with E-state index in [-0.39, 0.29) is 5.60 Å². The molecule has 1 aromatic heterocycles. The monoisotopic (exact) mass is 350 g/mol. The number of nitrogens with one attached hydrogen (secondary N) is 1. The number of carbonyl (C=O) groups is 1. The van der Waals surface area contributed by atoms with E-state index in [0.717, 1.165) is 43.0 Å². The Bertz CT molecular complexity index is 682. The van der Waals surface area contributed by atoms with Gasteiger partial charge in [-0.2, -0.15) is 0 Å². The van der Waals surface area contributed by atoms with Crippen molar-refractivity contribution in [3.8, 4) is 0 Å². The molecule has 0 saturated carbocycles. The van der Waals surface area contributed by atoms with Crippen LogP contribution in [0.2, 0.25) is 5.15 Å². The van der Waals surface area contributed by atoms with Crippen LogP contribution in [0.15, 0.2) is 24.3 Å². The number of piperazine rings is 1. The van der Waals surface area contributed by atoms with Gasteiger partial charge in [0.25, 0.3) is 6.47 Å². The minimum atomic E-state index is -0.318. The highest BCUT2D eigenvalue weighted by Crippen LogP contribution is 2.24. The van der Waals surface area contributed by atoms with Gasteiger partial charge in [-0.25, -0.2) is 9.97 Å². The molecule has 0 bridgehead atoms. The predicted octanol–water partition coefficient (Wildman–Crippen LogP) is 2.65. The highest BCUT2D eigenvalue weighted by molar-refractivity contribution is 6.32. The second-order valence-electron chi connectivity index (χ2n) is 6.39. The summed E-state index contributed by atoms with van der Waals surface area (Å²) in [6.07, 6.45) is 0. The molecule has 1 aliphatic heterocycles. The van der Waals surface area contributed by atoms with Gasteiger partial charge in [0.1, 0.15) is 5.60 Å². The van der Waals surface area contributed by atoms with Crippen molar-refractivity contribution < 1.29 is 9.53 Å². The summed E-state index contributed by atoms with van der Waals surface area (Å²) in [6, 6.07) is 7.80. The van der Waals surface area contributed by atoms with E-state index in [1.807, 2.05) is 45.0 Å². The van der Waals surface area contributed by atoms with Crippen LogP contribution in [0.4, 0.5) is 5.82 Å². The molecule has 0 aliphatic carbocycles. The summed E-state index contributed by atoms with van der Waals surface area (Å²) in [5.41, 5.74) is 1.42. The molecule has 24 heavy (non-hydrogen) atoms. The molecule has 1 N–H and O–H groups in total. The summed E-state index contributed by atoms with van der Waals surface area (Å²) < 4.78 is 4.55. The number of carbonyl (C=O) groups excluding carboxylic acids is 1. The molecular weight excluding hydrogens is 328 g/mol. The number of hydrogen-bond acceptors (Lipinski definition) is 6. The van der Waals surface area contributed by atoms with Crippen molar-refractivity contribution in [3.63, 3.8) is 0 Å². The third-order valence-corrected chi connectivity index (χ3v) is 3.58. The largest absolute Gasteiger partial charge is 0.462 e. The maximum atomic E-state index is 9.60. The molecule has 0 spiro atoms. The molecule has 0 atom stereocenters. The maximum Gasteiger partial charge on any atom is 0.293 e. The molecule has 0 amide bonds. The summed E-state index contributed by atoms with van der Waals surface area (Å²) in [5.74, 6) is 0.798. The number of aromatic nitrogens is 2. The second kappa shape index (κ2) is 8.26. The SMILES string of the molecule is CC(C)(C)OC=O.Clc1nc2ccccc2nc1N1CCNCC1. The van der Waals surface area contributed by atoms with Crippen molar-refractivity contribution in [1.82, 2.24) is 15.3 Å². The normalized spacial score (nSPS) is 14.8. The predicted molar refractivity (Wildman–Crippen MR) is 96.5 cm³/mol. The van der Waals surface area contributed by atoms with Gasteiger partial charge in [-0.05, 0) is 32.9 Å². The average molecular weight is 351 g/mol. The number of anilines is 1. The molecule has 0 radical (unpaired) electrons. The van der Waals surface area contributed by atoms with Crippen LogP contribution in [0.3, 0.4) is 0 Å². The van der Waals surface area contributed by atoms with E-state index in [9.17, 15) is 4.79 Å². The first-order valence-electron chi connectivity index (χ1n) is 7.90. The molecule has 7 heteroatoms. The van der Waals surface area contributed by atoms with Crippen LogP contribution >= 0.6 is 11.6 Å². The first kappa shape index (κ1) is 18.4. The highest BCUT2D eigenvalue weighted by Gasteiger charge is 2.16. The molecule has 130 valence electrons. The molecule has 6 nitrogen and oxygen atoms in total. The molecule has 1 fully saturated rings. The van der Waals surface area contributed by atoms with Crippen LogP contribution < -0.4 is 10.2 Å². The molecule has 1 aromatic carbocycles. The van der Waals surface area contributed by atoms with Gasteiger partial charge in [0.15, 0.2) is 11.0 Å². The molecule has 2 heterocycles. The molecular formula is C17H23ClN4O2. The lowest BCUT2D eigenvalue weighted by Crippen LogP contribution is -2.44. The molecule has 1 saturated heterocycles. The van der Waals surface area contributed by atoms with Gasteiger partial charge in [-0.15, -0.1) is 0 Å². The number of ether oxygens (including phenoxy) is 1. The van der Waals surface area contributed by atoms with E-state index >= 15 is 0 Å². The third kappa shape index (κ3) is 5.32. The van der Waals surface area contributed by atoms with Crippen molar-refractivity contribution in [1.29, 1.82) is 0 Å². The van der Waals surface area contributed by atoms with Gasteiger partial charge in [-0.3, -0.25) is 4.79 Å². The number of rotatable bonds is 2. The lowest BCUT2D eigenvalue weighted by Gasteiger charge is -2.28. The van der Waals surface area contributed by atoms with Gasteiger partial charge in [0.2, 0.25) is 0 Å². The Labute approximate surface area is 147 Å². The number of nitrogens with zero attached hydrogens (tertiary/aromatic N) is 3. The number of benzene rings is 1. The lowest BCUT2D eigenvalue weighted by atomic mass is 10.2. The van der Waals surface area contributed by atoms with Crippen LogP contribution in [0.5, 0.6) is 0 Å². The first-order valence-corrected chi connectivity index (χ1v) is 8.28. The minimum absolute atomic E-state index is 0.318. The topological polar surface area (TPSA) is 67.3 Å². The number of fused-ring (bicyclic) bond motifs is 1. The quantitative estimate of drug-likeness (QED) is 0.840. The fourth-order valence-corrected chi connectivity index (χ4v) is 2.44. The van der Waals surface area contributed by atoms with Gasteiger partial charge < -0.3 is 15.0 Å². The van der Waals surface area contributed by atoms with E-state index < -0.39 is 0 Å². The van der Waals surface area contributed by atoms with Crippen molar-refractivity contribution >= 4 is 34.9 Å². The molecule has 0 unspecified atom stereocenters. The van der Waals surface area contributed by atoms with E-state index in [1.54, 1.807) is 0 Å². The average Bonchev–Trinajstić information content (AvgIpc) is 2.54. The van der Waals surface area contributed by atoms with Crippen molar-refractivity contribution in [3.05, 3.63) is 29.4 Å². The summed E-state index contributed by atoms with van der Waals surface area (Å²) in [5, 5.41) is 3.80. The zero-order chi connectivity index (χ0) is 17.6.